The molecule has 1 amide bonds. The van der Waals surface area contributed by atoms with E-state index in [9.17, 15) is 4.79 Å². The molecule has 0 saturated carbocycles. The van der Waals surface area contributed by atoms with E-state index >= 15 is 0 Å². The van der Waals surface area contributed by atoms with E-state index in [1.165, 1.54) is 0 Å². The van der Waals surface area contributed by atoms with Crippen LogP contribution in [0, 0.1) is 13.8 Å². The van der Waals surface area contributed by atoms with E-state index in [0.717, 1.165) is 0 Å². The Hall–Kier alpha value is -2.44. The van der Waals surface area contributed by atoms with Gasteiger partial charge < -0.3 is 15.2 Å². The van der Waals surface area contributed by atoms with Crippen LogP contribution in [0.25, 0.3) is 11.5 Å². The number of rotatable bonds is 4. The van der Waals surface area contributed by atoms with Gasteiger partial charge in [0, 0.05) is 19.2 Å². The summed E-state index contributed by atoms with van der Waals surface area (Å²) in [5.74, 6) is 0.384. The molecule has 0 spiro atoms. The predicted molar refractivity (Wildman–Crippen MR) is 78.7 cm³/mol. The highest BCUT2D eigenvalue weighted by Crippen LogP contribution is 2.26. The van der Waals surface area contributed by atoms with Crippen molar-refractivity contribution < 1.29 is 9.32 Å². The van der Waals surface area contributed by atoms with E-state index in [2.05, 4.69) is 15.1 Å². The molecular weight excluding hydrogens is 270 g/mol. The molecule has 112 valence electrons. The lowest BCUT2D eigenvalue weighted by Crippen LogP contribution is -2.32. The molecule has 0 aromatic carbocycles. The Balaban J connectivity index is 2.61. The number of aryl methyl sites for hydroxylation is 2. The third-order valence-electron chi connectivity index (χ3n) is 3.23. The highest BCUT2D eigenvalue weighted by Gasteiger charge is 2.24. The van der Waals surface area contributed by atoms with Crippen molar-refractivity contribution in [3.8, 4) is 11.5 Å². The second-order valence-corrected chi connectivity index (χ2v) is 4.70. The molecular formula is C14H19N5O2. The van der Waals surface area contributed by atoms with E-state index in [1.807, 2.05) is 13.8 Å². The van der Waals surface area contributed by atoms with Gasteiger partial charge in [0.15, 0.2) is 5.76 Å². The maximum Gasteiger partial charge on any atom is 0.258 e. The molecule has 0 radical (unpaired) electrons. The number of nitrogens with two attached hydrogens (primary N) is 1. The topological polar surface area (TPSA) is 98.1 Å². The highest BCUT2D eigenvalue weighted by atomic mass is 16.5. The van der Waals surface area contributed by atoms with E-state index in [0.29, 0.717) is 41.5 Å². The lowest BCUT2D eigenvalue weighted by atomic mass is 10.1. The summed E-state index contributed by atoms with van der Waals surface area (Å²) >= 11 is 0. The Morgan fingerprint density at radius 2 is 1.95 bits per heavy atom. The molecule has 2 aromatic rings. The van der Waals surface area contributed by atoms with Crippen LogP contribution >= 0.6 is 0 Å². The molecule has 0 atom stereocenters. The van der Waals surface area contributed by atoms with Gasteiger partial charge in [-0.15, -0.1) is 0 Å². The van der Waals surface area contributed by atoms with Crippen LogP contribution < -0.4 is 5.73 Å². The molecule has 0 aliphatic carbocycles. The molecule has 2 N–H and O–H groups in total. The maximum absolute atomic E-state index is 12.7. The van der Waals surface area contributed by atoms with Gasteiger partial charge in [-0.2, -0.15) is 0 Å². The fourth-order valence-electron chi connectivity index (χ4n) is 2.17. The van der Waals surface area contributed by atoms with Crippen LogP contribution in [0.2, 0.25) is 0 Å². The Morgan fingerprint density at radius 1 is 1.29 bits per heavy atom. The van der Waals surface area contributed by atoms with Crippen LogP contribution in [0.15, 0.2) is 10.6 Å². The first-order valence-corrected chi connectivity index (χ1v) is 6.85. The van der Waals surface area contributed by atoms with Crippen molar-refractivity contribution in [2.75, 3.05) is 18.8 Å². The molecule has 7 heteroatoms. The van der Waals surface area contributed by atoms with Crippen LogP contribution in [-0.2, 0) is 0 Å². The average Bonchev–Trinajstić information content (AvgIpc) is 2.85. The van der Waals surface area contributed by atoms with Gasteiger partial charge in [-0.05, 0) is 27.7 Å². The summed E-state index contributed by atoms with van der Waals surface area (Å²) in [4.78, 5) is 22.7. The minimum Gasteiger partial charge on any atom is -0.368 e. The lowest BCUT2D eigenvalue weighted by Gasteiger charge is -2.20. The molecule has 0 bridgehead atoms. The monoisotopic (exact) mass is 289 g/mol. The number of carbonyl (C=O) groups excluding carboxylic acids is 1. The Kier molecular flexibility index (Phi) is 4.21. The Morgan fingerprint density at radius 3 is 2.48 bits per heavy atom. The number of aromatic nitrogens is 3. The molecule has 2 aromatic heterocycles. The van der Waals surface area contributed by atoms with Crippen LogP contribution in [0.4, 0.5) is 5.95 Å². The SMILES string of the molecule is CCN(CC)C(=O)c1c(C)nc(N)nc1-c1cc(C)no1. The first-order valence-electron chi connectivity index (χ1n) is 6.85. The zero-order valence-electron chi connectivity index (χ0n) is 12.7. The number of anilines is 1. The Labute approximate surface area is 123 Å². The summed E-state index contributed by atoms with van der Waals surface area (Å²) in [6.45, 7) is 8.60. The highest BCUT2D eigenvalue weighted by molar-refractivity contribution is 6.00. The largest absolute Gasteiger partial charge is 0.368 e. The van der Waals surface area contributed by atoms with Crippen molar-refractivity contribution in [1.82, 2.24) is 20.0 Å². The molecule has 0 unspecified atom stereocenters. The fraction of sp³-hybridized carbons (Fsp3) is 0.429. The summed E-state index contributed by atoms with van der Waals surface area (Å²) < 4.78 is 5.23. The van der Waals surface area contributed by atoms with Gasteiger partial charge in [0.25, 0.3) is 5.91 Å². The zero-order chi connectivity index (χ0) is 15.6. The van der Waals surface area contributed by atoms with Gasteiger partial charge in [-0.25, -0.2) is 9.97 Å². The molecule has 0 saturated heterocycles. The summed E-state index contributed by atoms with van der Waals surface area (Å²) in [6, 6.07) is 1.72. The van der Waals surface area contributed by atoms with Crippen molar-refractivity contribution in [2.45, 2.75) is 27.7 Å². The number of nitrogens with zero attached hydrogens (tertiary/aromatic N) is 4. The number of carbonyl (C=O) groups is 1. The van der Waals surface area contributed by atoms with Crippen molar-refractivity contribution in [2.24, 2.45) is 0 Å². The van der Waals surface area contributed by atoms with Crippen molar-refractivity contribution in [3.05, 3.63) is 23.0 Å². The van der Waals surface area contributed by atoms with Gasteiger partial charge in [-0.1, -0.05) is 5.16 Å². The minimum absolute atomic E-state index is 0.104. The van der Waals surface area contributed by atoms with Crippen LogP contribution in [0.5, 0.6) is 0 Å². The van der Waals surface area contributed by atoms with Crippen molar-refractivity contribution >= 4 is 11.9 Å². The van der Waals surface area contributed by atoms with E-state index < -0.39 is 0 Å². The van der Waals surface area contributed by atoms with Crippen molar-refractivity contribution in [1.29, 1.82) is 0 Å². The summed E-state index contributed by atoms with van der Waals surface area (Å²) in [5.41, 5.74) is 7.74. The summed E-state index contributed by atoms with van der Waals surface area (Å²) in [6.07, 6.45) is 0. The van der Waals surface area contributed by atoms with Gasteiger partial charge in [0.05, 0.1) is 17.0 Å². The predicted octanol–water partition coefficient (Wildman–Crippen LogP) is 1.81. The lowest BCUT2D eigenvalue weighted by molar-refractivity contribution is 0.0772. The normalized spacial score (nSPS) is 10.7. The third-order valence-corrected chi connectivity index (χ3v) is 3.23. The number of amides is 1. The molecule has 7 nitrogen and oxygen atoms in total. The molecule has 2 rings (SSSR count). The quantitative estimate of drug-likeness (QED) is 0.921. The van der Waals surface area contributed by atoms with Crippen molar-refractivity contribution in [3.63, 3.8) is 0 Å². The molecule has 2 heterocycles. The van der Waals surface area contributed by atoms with Gasteiger partial charge in [0.1, 0.15) is 5.69 Å². The zero-order valence-corrected chi connectivity index (χ0v) is 12.7. The average molecular weight is 289 g/mol. The van der Waals surface area contributed by atoms with Gasteiger partial charge in [0.2, 0.25) is 5.95 Å². The second kappa shape index (κ2) is 5.90. The molecule has 0 fully saturated rings. The molecule has 21 heavy (non-hydrogen) atoms. The molecule has 0 aliphatic heterocycles. The van der Waals surface area contributed by atoms with Crippen LogP contribution in [0.3, 0.4) is 0 Å². The van der Waals surface area contributed by atoms with Gasteiger partial charge >= 0.3 is 0 Å². The standard InChI is InChI=1S/C14H19N5O2/c1-5-19(6-2)13(20)11-9(4)16-14(15)17-12(11)10-7-8(3)18-21-10/h7H,5-6H2,1-4H3,(H2,15,16,17). The van der Waals surface area contributed by atoms with E-state index in [4.69, 9.17) is 10.3 Å². The number of hydrogen-bond acceptors (Lipinski definition) is 6. The minimum atomic E-state index is -0.137. The van der Waals surface area contributed by atoms with E-state index in [-0.39, 0.29) is 11.9 Å². The smallest absolute Gasteiger partial charge is 0.258 e. The van der Waals surface area contributed by atoms with Crippen LogP contribution in [0.1, 0.15) is 35.6 Å². The number of nitrogen functional groups attached to an aromatic ring is 1. The first kappa shape index (κ1) is 15.0. The number of hydrogen-bond donors (Lipinski definition) is 1. The third kappa shape index (κ3) is 2.86. The Bertz CT molecular complexity index is 661. The van der Waals surface area contributed by atoms with E-state index in [1.54, 1.807) is 24.8 Å². The summed E-state index contributed by atoms with van der Waals surface area (Å²) in [5, 5.41) is 3.84. The van der Waals surface area contributed by atoms with Gasteiger partial charge in [-0.3, -0.25) is 4.79 Å². The fourth-order valence-corrected chi connectivity index (χ4v) is 2.17. The summed E-state index contributed by atoms with van der Waals surface area (Å²) in [7, 11) is 0. The maximum atomic E-state index is 12.7. The first-order chi connectivity index (χ1) is 9.97. The molecule has 0 aliphatic rings. The second-order valence-electron chi connectivity index (χ2n) is 4.70. The van der Waals surface area contributed by atoms with Crippen LogP contribution in [-0.4, -0.2) is 39.0 Å².